The van der Waals surface area contributed by atoms with Crippen LogP contribution in [0, 0.1) is 0 Å². The average molecular weight is 292 g/mol. The molecule has 0 aliphatic carbocycles. The van der Waals surface area contributed by atoms with Crippen molar-refractivity contribution < 1.29 is 14.3 Å². The van der Waals surface area contributed by atoms with E-state index in [1.807, 2.05) is 45.0 Å². The number of carbonyl (C=O) groups excluding carboxylic acids is 1. The molecule has 5 nitrogen and oxygen atoms in total. The maximum absolute atomic E-state index is 11.7. The second-order valence-electron chi connectivity index (χ2n) is 6.22. The van der Waals surface area contributed by atoms with Crippen LogP contribution in [-0.2, 0) is 4.74 Å². The monoisotopic (exact) mass is 292 g/mol. The van der Waals surface area contributed by atoms with Crippen LogP contribution in [0.5, 0.6) is 5.75 Å². The van der Waals surface area contributed by atoms with E-state index in [-0.39, 0.29) is 6.10 Å². The maximum Gasteiger partial charge on any atom is 0.412 e. The van der Waals surface area contributed by atoms with Gasteiger partial charge in [-0.05, 0) is 58.8 Å². The third-order valence-corrected chi connectivity index (χ3v) is 3.07. The van der Waals surface area contributed by atoms with Crippen LogP contribution in [0.3, 0.4) is 0 Å². The second-order valence-corrected chi connectivity index (χ2v) is 6.22. The normalized spacial score (nSPS) is 16.3. The van der Waals surface area contributed by atoms with Crippen molar-refractivity contribution in [2.75, 3.05) is 18.4 Å². The van der Waals surface area contributed by atoms with Gasteiger partial charge in [0.25, 0.3) is 0 Å². The maximum atomic E-state index is 11.7. The molecule has 0 aromatic heterocycles. The summed E-state index contributed by atoms with van der Waals surface area (Å²) < 4.78 is 11.2. The first-order valence-corrected chi connectivity index (χ1v) is 7.40. The van der Waals surface area contributed by atoms with Gasteiger partial charge in [-0.1, -0.05) is 6.07 Å². The summed E-state index contributed by atoms with van der Waals surface area (Å²) in [5.74, 6) is 0.774. The molecule has 0 saturated carbocycles. The van der Waals surface area contributed by atoms with Crippen LogP contribution in [0.15, 0.2) is 24.3 Å². The van der Waals surface area contributed by atoms with Crippen molar-refractivity contribution in [3.63, 3.8) is 0 Å². The fraction of sp³-hybridized carbons (Fsp3) is 0.562. The molecular formula is C16H24N2O3. The highest BCUT2D eigenvalue weighted by atomic mass is 16.6. The van der Waals surface area contributed by atoms with Crippen LogP contribution in [0.2, 0.25) is 0 Å². The summed E-state index contributed by atoms with van der Waals surface area (Å²) in [6.07, 6.45) is 1.79. The number of hydrogen-bond donors (Lipinski definition) is 2. The summed E-state index contributed by atoms with van der Waals surface area (Å²) in [7, 11) is 0. The molecule has 1 aromatic rings. The van der Waals surface area contributed by atoms with Gasteiger partial charge in [0.05, 0.1) is 0 Å². The SMILES string of the molecule is CC(C)(C)OC(=O)Nc1cccc(OC2CCNCC2)c1. The lowest BCUT2D eigenvalue weighted by atomic mass is 10.1. The van der Waals surface area contributed by atoms with Gasteiger partial charge in [0.1, 0.15) is 17.5 Å². The largest absolute Gasteiger partial charge is 0.490 e. The quantitative estimate of drug-likeness (QED) is 0.898. The molecule has 0 radical (unpaired) electrons. The first kappa shape index (κ1) is 15.6. The molecule has 1 aliphatic heterocycles. The van der Waals surface area contributed by atoms with E-state index >= 15 is 0 Å². The first-order valence-electron chi connectivity index (χ1n) is 7.40. The Balaban J connectivity index is 1.92. The Bertz CT molecular complexity index is 477. The van der Waals surface area contributed by atoms with Crippen LogP contribution < -0.4 is 15.4 Å². The van der Waals surface area contributed by atoms with Gasteiger partial charge in [-0.3, -0.25) is 5.32 Å². The predicted octanol–water partition coefficient (Wildman–Crippen LogP) is 3.16. The lowest BCUT2D eigenvalue weighted by Crippen LogP contribution is -2.34. The summed E-state index contributed by atoms with van der Waals surface area (Å²) in [5.41, 5.74) is 0.170. The molecule has 1 fully saturated rings. The van der Waals surface area contributed by atoms with Gasteiger partial charge < -0.3 is 14.8 Å². The Hall–Kier alpha value is -1.75. The van der Waals surface area contributed by atoms with Crippen molar-refractivity contribution in [1.29, 1.82) is 0 Å². The molecule has 0 unspecified atom stereocenters. The van der Waals surface area contributed by atoms with E-state index in [0.29, 0.717) is 5.69 Å². The highest BCUT2D eigenvalue weighted by Gasteiger charge is 2.17. The molecule has 1 aliphatic rings. The Morgan fingerprint density at radius 3 is 2.67 bits per heavy atom. The van der Waals surface area contributed by atoms with Crippen LogP contribution >= 0.6 is 0 Å². The standard InChI is InChI=1S/C16H24N2O3/c1-16(2,3)21-15(19)18-12-5-4-6-14(11-12)20-13-7-9-17-10-8-13/h4-6,11,13,17H,7-10H2,1-3H3,(H,18,19). The van der Waals surface area contributed by atoms with Gasteiger partial charge in [0, 0.05) is 11.8 Å². The fourth-order valence-corrected chi connectivity index (χ4v) is 2.17. The molecule has 1 aromatic carbocycles. The van der Waals surface area contributed by atoms with Crippen LogP contribution in [0.25, 0.3) is 0 Å². The van der Waals surface area contributed by atoms with Crippen molar-refractivity contribution >= 4 is 11.8 Å². The number of anilines is 1. The third-order valence-electron chi connectivity index (χ3n) is 3.07. The molecule has 1 heterocycles. The van der Waals surface area contributed by atoms with Crippen molar-refractivity contribution in [3.05, 3.63) is 24.3 Å². The number of ether oxygens (including phenoxy) is 2. The fourth-order valence-electron chi connectivity index (χ4n) is 2.17. The van der Waals surface area contributed by atoms with E-state index < -0.39 is 11.7 Å². The Labute approximate surface area is 126 Å². The molecule has 1 saturated heterocycles. The molecule has 2 rings (SSSR count). The Kier molecular flexibility index (Phi) is 5.07. The minimum absolute atomic E-state index is 0.239. The van der Waals surface area contributed by atoms with Crippen molar-refractivity contribution in [1.82, 2.24) is 5.32 Å². The smallest absolute Gasteiger partial charge is 0.412 e. The number of amides is 1. The molecule has 5 heteroatoms. The van der Waals surface area contributed by atoms with Crippen molar-refractivity contribution in [2.24, 2.45) is 0 Å². The molecule has 0 bridgehead atoms. The minimum Gasteiger partial charge on any atom is -0.490 e. The summed E-state index contributed by atoms with van der Waals surface area (Å²) in [5, 5.41) is 6.03. The number of piperidine rings is 1. The van der Waals surface area contributed by atoms with Gasteiger partial charge in [-0.15, -0.1) is 0 Å². The summed E-state index contributed by atoms with van der Waals surface area (Å²) >= 11 is 0. The molecule has 116 valence electrons. The van der Waals surface area contributed by atoms with Gasteiger partial charge in [0.15, 0.2) is 0 Å². The zero-order valence-electron chi connectivity index (χ0n) is 12.9. The Morgan fingerprint density at radius 1 is 1.29 bits per heavy atom. The number of benzene rings is 1. The van der Waals surface area contributed by atoms with Crippen molar-refractivity contribution in [2.45, 2.75) is 45.3 Å². The zero-order chi connectivity index (χ0) is 15.3. The van der Waals surface area contributed by atoms with Gasteiger partial charge in [-0.25, -0.2) is 4.79 Å². The molecule has 0 spiro atoms. The second kappa shape index (κ2) is 6.80. The van der Waals surface area contributed by atoms with Crippen molar-refractivity contribution in [3.8, 4) is 5.75 Å². The molecule has 2 N–H and O–H groups in total. The van der Waals surface area contributed by atoms with E-state index in [9.17, 15) is 4.79 Å². The number of carbonyl (C=O) groups is 1. The molecule has 0 atom stereocenters. The first-order chi connectivity index (χ1) is 9.92. The highest BCUT2D eigenvalue weighted by molar-refractivity contribution is 5.85. The zero-order valence-corrected chi connectivity index (χ0v) is 12.9. The molecular weight excluding hydrogens is 268 g/mol. The molecule has 1 amide bonds. The van der Waals surface area contributed by atoms with E-state index in [4.69, 9.17) is 9.47 Å². The third kappa shape index (κ3) is 5.63. The van der Waals surface area contributed by atoms with E-state index in [1.165, 1.54) is 0 Å². The number of rotatable bonds is 3. The lowest BCUT2D eigenvalue weighted by molar-refractivity contribution is 0.0636. The predicted molar refractivity (Wildman–Crippen MR) is 82.8 cm³/mol. The van der Waals surface area contributed by atoms with Gasteiger partial charge >= 0.3 is 6.09 Å². The minimum atomic E-state index is -0.507. The highest BCUT2D eigenvalue weighted by Crippen LogP contribution is 2.21. The van der Waals surface area contributed by atoms with E-state index in [1.54, 1.807) is 0 Å². The van der Waals surface area contributed by atoms with Gasteiger partial charge in [0.2, 0.25) is 0 Å². The summed E-state index contributed by atoms with van der Waals surface area (Å²) in [4.78, 5) is 11.7. The van der Waals surface area contributed by atoms with Crippen LogP contribution in [0.1, 0.15) is 33.6 Å². The lowest BCUT2D eigenvalue weighted by Gasteiger charge is -2.24. The summed E-state index contributed by atoms with van der Waals surface area (Å²) in [6, 6.07) is 7.41. The average Bonchev–Trinajstić information content (AvgIpc) is 2.38. The number of nitrogens with one attached hydrogen (secondary N) is 2. The topological polar surface area (TPSA) is 59.6 Å². The van der Waals surface area contributed by atoms with Crippen LogP contribution in [-0.4, -0.2) is 30.9 Å². The summed E-state index contributed by atoms with van der Waals surface area (Å²) in [6.45, 7) is 7.48. The van der Waals surface area contributed by atoms with Gasteiger partial charge in [-0.2, -0.15) is 0 Å². The van der Waals surface area contributed by atoms with Crippen LogP contribution in [0.4, 0.5) is 10.5 Å². The van der Waals surface area contributed by atoms with E-state index in [0.717, 1.165) is 31.7 Å². The van der Waals surface area contributed by atoms with E-state index in [2.05, 4.69) is 10.6 Å². The Morgan fingerprint density at radius 2 is 2.00 bits per heavy atom. The molecule has 21 heavy (non-hydrogen) atoms. The number of hydrogen-bond acceptors (Lipinski definition) is 4.